The third-order valence-corrected chi connectivity index (χ3v) is 1.77. The SMILES string of the molecule is CCNCC(=O)c1ccc(N)cc1. The fraction of sp³-hybridized carbons (Fsp3) is 0.300. The zero-order chi connectivity index (χ0) is 9.68. The standard InChI is InChI=1S/C10H14N2O/c1-2-12-7-10(13)8-3-5-9(11)6-4-8/h3-6,12H,2,7,11H2,1H3. The number of benzene rings is 1. The minimum absolute atomic E-state index is 0.0989. The van der Waals surface area contributed by atoms with Crippen LogP contribution in [-0.4, -0.2) is 18.9 Å². The Morgan fingerprint density at radius 2 is 2.00 bits per heavy atom. The molecule has 0 aliphatic rings. The Morgan fingerprint density at radius 3 is 2.54 bits per heavy atom. The number of rotatable bonds is 4. The fourth-order valence-electron chi connectivity index (χ4n) is 1.01. The summed E-state index contributed by atoms with van der Waals surface area (Å²) in [7, 11) is 0. The zero-order valence-corrected chi connectivity index (χ0v) is 7.71. The lowest BCUT2D eigenvalue weighted by molar-refractivity contribution is 0.0992. The highest BCUT2D eigenvalue weighted by Crippen LogP contribution is 2.05. The van der Waals surface area contributed by atoms with Gasteiger partial charge in [0.2, 0.25) is 0 Å². The maximum Gasteiger partial charge on any atom is 0.176 e. The van der Waals surface area contributed by atoms with E-state index in [1.54, 1.807) is 24.3 Å². The van der Waals surface area contributed by atoms with Crippen LogP contribution in [0.5, 0.6) is 0 Å². The number of nitrogens with one attached hydrogen (secondary N) is 1. The van der Waals surface area contributed by atoms with Gasteiger partial charge in [0.25, 0.3) is 0 Å². The molecule has 13 heavy (non-hydrogen) atoms. The molecule has 0 amide bonds. The fourth-order valence-corrected chi connectivity index (χ4v) is 1.01. The first kappa shape index (κ1) is 9.74. The topological polar surface area (TPSA) is 55.1 Å². The molecule has 0 fully saturated rings. The van der Waals surface area contributed by atoms with E-state index in [0.717, 1.165) is 6.54 Å². The molecule has 3 heteroatoms. The van der Waals surface area contributed by atoms with Crippen LogP contribution >= 0.6 is 0 Å². The van der Waals surface area contributed by atoms with E-state index in [0.29, 0.717) is 17.8 Å². The third kappa shape index (κ3) is 2.87. The summed E-state index contributed by atoms with van der Waals surface area (Å²) in [6.45, 7) is 3.16. The Hall–Kier alpha value is -1.35. The number of nitrogen functional groups attached to an aromatic ring is 1. The lowest BCUT2D eigenvalue weighted by Gasteiger charge is -2.01. The normalized spacial score (nSPS) is 9.92. The smallest absolute Gasteiger partial charge is 0.176 e. The lowest BCUT2D eigenvalue weighted by Crippen LogP contribution is -2.22. The van der Waals surface area contributed by atoms with Crippen LogP contribution in [0.25, 0.3) is 0 Å². The number of hydrogen-bond donors (Lipinski definition) is 2. The molecule has 1 aromatic carbocycles. The molecule has 0 unspecified atom stereocenters. The Kier molecular flexibility index (Phi) is 3.46. The van der Waals surface area contributed by atoms with E-state index in [1.165, 1.54) is 0 Å². The van der Waals surface area contributed by atoms with Crippen molar-refractivity contribution in [3.63, 3.8) is 0 Å². The molecule has 0 atom stereocenters. The van der Waals surface area contributed by atoms with Gasteiger partial charge in [0.1, 0.15) is 0 Å². The van der Waals surface area contributed by atoms with Crippen molar-refractivity contribution in [2.24, 2.45) is 0 Å². The summed E-state index contributed by atoms with van der Waals surface area (Å²) in [6.07, 6.45) is 0. The quantitative estimate of drug-likeness (QED) is 0.535. The molecule has 0 aliphatic carbocycles. The monoisotopic (exact) mass is 178 g/mol. The molecule has 0 heterocycles. The van der Waals surface area contributed by atoms with E-state index in [2.05, 4.69) is 5.32 Å². The highest BCUT2D eigenvalue weighted by atomic mass is 16.1. The van der Waals surface area contributed by atoms with Crippen LogP contribution in [0.2, 0.25) is 0 Å². The molecule has 3 N–H and O–H groups in total. The second-order valence-electron chi connectivity index (χ2n) is 2.83. The maximum absolute atomic E-state index is 11.4. The molecule has 3 nitrogen and oxygen atoms in total. The van der Waals surface area contributed by atoms with Gasteiger partial charge < -0.3 is 11.1 Å². The molecule has 0 radical (unpaired) electrons. The first-order chi connectivity index (χ1) is 6.24. The minimum atomic E-state index is 0.0989. The molecule has 0 spiro atoms. The largest absolute Gasteiger partial charge is 0.399 e. The maximum atomic E-state index is 11.4. The first-order valence-corrected chi connectivity index (χ1v) is 4.33. The van der Waals surface area contributed by atoms with Crippen LogP contribution < -0.4 is 11.1 Å². The van der Waals surface area contributed by atoms with Crippen LogP contribution in [0.15, 0.2) is 24.3 Å². The summed E-state index contributed by atoms with van der Waals surface area (Å²) in [5.41, 5.74) is 6.88. The summed E-state index contributed by atoms with van der Waals surface area (Å²) < 4.78 is 0. The van der Waals surface area contributed by atoms with E-state index in [4.69, 9.17) is 5.73 Å². The average molecular weight is 178 g/mol. The minimum Gasteiger partial charge on any atom is -0.399 e. The predicted molar refractivity (Wildman–Crippen MR) is 53.7 cm³/mol. The van der Waals surface area contributed by atoms with E-state index in [-0.39, 0.29) is 5.78 Å². The number of hydrogen-bond acceptors (Lipinski definition) is 3. The van der Waals surface area contributed by atoms with Crippen molar-refractivity contribution in [2.45, 2.75) is 6.92 Å². The van der Waals surface area contributed by atoms with Gasteiger partial charge in [-0.3, -0.25) is 4.79 Å². The van der Waals surface area contributed by atoms with Gasteiger partial charge in [-0.15, -0.1) is 0 Å². The van der Waals surface area contributed by atoms with E-state index >= 15 is 0 Å². The van der Waals surface area contributed by atoms with E-state index in [1.807, 2.05) is 6.92 Å². The van der Waals surface area contributed by atoms with E-state index in [9.17, 15) is 4.79 Å². The zero-order valence-electron chi connectivity index (χ0n) is 7.71. The highest BCUT2D eigenvalue weighted by molar-refractivity contribution is 5.97. The summed E-state index contributed by atoms with van der Waals surface area (Å²) in [5, 5.41) is 2.98. The second-order valence-corrected chi connectivity index (χ2v) is 2.83. The molecule has 0 bridgehead atoms. The van der Waals surface area contributed by atoms with Gasteiger partial charge >= 0.3 is 0 Å². The van der Waals surface area contributed by atoms with Gasteiger partial charge in [-0.1, -0.05) is 6.92 Å². The average Bonchev–Trinajstić information content (AvgIpc) is 2.15. The lowest BCUT2D eigenvalue weighted by atomic mass is 10.1. The number of Topliss-reactive ketones (excluding diaryl/α,β-unsaturated/α-hetero) is 1. The van der Waals surface area contributed by atoms with Gasteiger partial charge in [-0.05, 0) is 30.8 Å². The Morgan fingerprint density at radius 1 is 1.38 bits per heavy atom. The van der Waals surface area contributed by atoms with Crippen molar-refractivity contribution in [3.8, 4) is 0 Å². The molecule has 0 saturated carbocycles. The Labute approximate surface area is 77.9 Å². The van der Waals surface area contributed by atoms with Crippen LogP contribution in [-0.2, 0) is 0 Å². The van der Waals surface area contributed by atoms with Gasteiger partial charge in [0, 0.05) is 11.3 Å². The third-order valence-electron chi connectivity index (χ3n) is 1.77. The number of anilines is 1. The number of nitrogens with two attached hydrogens (primary N) is 1. The molecule has 0 saturated heterocycles. The van der Waals surface area contributed by atoms with Crippen molar-refractivity contribution in [1.82, 2.24) is 5.32 Å². The molecule has 1 aromatic rings. The van der Waals surface area contributed by atoms with Crippen molar-refractivity contribution in [1.29, 1.82) is 0 Å². The van der Waals surface area contributed by atoms with Crippen molar-refractivity contribution >= 4 is 11.5 Å². The Bertz CT molecular complexity index is 279. The molecule has 1 rings (SSSR count). The summed E-state index contributed by atoms with van der Waals surface area (Å²) in [4.78, 5) is 11.4. The van der Waals surface area contributed by atoms with Gasteiger partial charge in [0.05, 0.1) is 6.54 Å². The molecule has 70 valence electrons. The number of ketones is 1. The van der Waals surface area contributed by atoms with Gasteiger partial charge in [-0.2, -0.15) is 0 Å². The van der Waals surface area contributed by atoms with Crippen LogP contribution in [0.1, 0.15) is 17.3 Å². The van der Waals surface area contributed by atoms with Crippen LogP contribution in [0.4, 0.5) is 5.69 Å². The summed E-state index contributed by atoms with van der Waals surface area (Å²) in [5.74, 6) is 0.0989. The van der Waals surface area contributed by atoms with Gasteiger partial charge in [0.15, 0.2) is 5.78 Å². The number of carbonyl (C=O) groups excluding carboxylic acids is 1. The predicted octanol–water partition coefficient (Wildman–Crippen LogP) is 1.06. The summed E-state index contributed by atoms with van der Waals surface area (Å²) in [6, 6.07) is 6.96. The van der Waals surface area contributed by atoms with Gasteiger partial charge in [-0.25, -0.2) is 0 Å². The number of likely N-dealkylation sites (N-methyl/N-ethyl adjacent to an activating group) is 1. The van der Waals surface area contributed by atoms with Crippen molar-refractivity contribution < 1.29 is 4.79 Å². The number of carbonyl (C=O) groups is 1. The molecule has 0 aliphatic heterocycles. The molecular formula is C10H14N2O. The highest BCUT2D eigenvalue weighted by Gasteiger charge is 2.03. The van der Waals surface area contributed by atoms with Crippen LogP contribution in [0.3, 0.4) is 0 Å². The summed E-state index contributed by atoms with van der Waals surface area (Å²) >= 11 is 0. The van der Waals surface area contributed by atoms with Crippen LogP contribution in [0, 0.1) is 0 Å². The Balaban J connectivity index is 2.61. The molecule has 0 aromatic heterocycles. The second kappa shape index (κ2) is 4.62. The van der Waals surface area contributed by atoms with Crippen molar-refractivity contribution in [2.75, 3.05) is 18.8 Å². The first-order valence-electron chi connectivity index (χ1n) is 4.33. The van der Waals surface area contributed by atoms with E-state index < -0.39 is 0 Å². The molecular weight excluding hydrogens is 164 g/mol. The van der Waals surface area contributed by atoms with Crippen molar-refractivity contribution in [3.05, 3.63) is 29.8 Å².